The molecule has 29 heavy (non-hydrogen) atoms. The zero-order valence-electron chi connectivity index (χ0n) is 15.3. The van der Waals surface area contributed by atoms with Crippen LogP contribution in [0, 0.1) is 0 Å². The van der Waals surface area contributed by atoms with Crippen molar-refractivity contribution in [3.63, 3.8) is 0 Å². The van der Waals surface area contributed by atoms with Crippen LogP contribution in [-0.2, 0) is 16.6 Å². The molecular formula is C19H18Cl2N4O3S. The smallest absolute Gasteiger partial charge is 0.258 e. The van der Waals surface area contributed by atoms with Crippen LogP contribution in [0.25, 0.3) is 10.9 Å². The summed E-state index contributed by atoms with van der Waals surface area (Å²) in [6, 6.07) is 11.4. The van der Waals surface area contributed by atoms with E-state index in [4.69, 9.17) is 23.2 Å². The molecule has 0 unspecified atom stereocenters. The second-order valence-corrected chi connectivity index (χ2v) is 9.53. The van der Waals surface area contributed by atoms with Gasteiger partial charge in [-0.25, -0.2) is 13.4 Å². The third kappa shape index (κ3) is 4.17. The minimum Gasteiger partial charge on any atom is -0.309 e. The summed E-state index contributed by atoms with van der Waals surface area (Å²) in [5, 5.41) is 1.21. The van der Waals surface area contributed by atoms with E-state index in [-0.39, 0.29) is 15.5 Å². The van der Waals surface area contributed by atoms with Crippen LogP contribution >= 0.6 is 23.2 Å². The molecule has 1 aliphatic rings. The summed E-state index contributed by atoms with van der Waals surface area (Å²) in [4.78, 5) is 21.7. The van der Waals surface area contributed by atoms with Gasteiger partial charge in [0, 0.05) is 31.2 Å². The van der Waals surface area contributed by atoms with Gasteiger partial charge in [0.25, 0.3) is 5.56 Å². The maximum atomic E-state index is 12.8. The van der Waals surface area contributed by atoms with E-state index in [0.717, 1.165) is 0 Å². The topological polar surface area (TPSA) is 86.4 Å². The number of aromatic nitrogens is 2. The number of hydrogen-bond acceptors (Lipinski definition) is 5. The van der Waals surface area contributed by atoms with Crippen LogP contribution < -0.4 is 5.56 Å². The van der Waals surface area contributed by atoms with Gasteiger partial charge in [-0.05, 0) is 30.3 Å². The van der Waals surface area contributed by atoms with Crippen LogP contribution in [0.1, 0.15) is 5.82 Å². The van der Waals surface area contributed by atoms with Crippen LogP contribution in [0.2, 0.25) is 10.0 Å². The molecule has 0 radical (unpaired) electrons. The van der Waals surface area contributed by atoms with Crippen LogP contribution in [0.3, 0.4) is 0 Å². The van der Waals surface area contributed by atoms with Crippen molar-refractivity contribution in [2.45, 2.75) is 11.4 Å². The van der Waals surface area contributed by atoms with Gasteiger partial charge >= 0.3 is 0 Å². The lowest BCUT2D eigenvalue weighted by Gasteiger charge is -2.33. The van der Waals surface area contributed by atoms with Crippen LogP contribution in [0.4, 0.5) is 0 Å². The molecule has 1 N–H and O–H groups in total. The van der Waals surface area contributed by atoms with Crippen molar-refractivity contribution < 1.29 is 8.42 Å². The largest absolute Gasteiger partial charge is 0.309 e. The SMILES string of the molecule is O=c1[nH]c(CN2CCN(S(=O)(=O)c3ccccc3Cl)CC2)nc2cc(Cl)ccc12. The predicted octanol–water partition coefficient (Wildman–Crippen LogP) is 2.74. The van der Waals surface area contributed by atoms with Crippen molar-refractivity contribution in [3.8, 4) is 0 Å². The number of nitrogens with one attached hydrogen (secondary N) is 1. The fourth-order valence-corrected chi connectivity index (χ4v) is 5.45. The number of aromatic amines is 1. The maximum Gasteiger partial charge on any atom is 0.258 e. The summed E-state index contributed by atoms with van der Waals surface area (Å²) in [5.41, 5.74) is 0.317. The molecule has 10 heteroatoms. The second kappa shape index (κ2) is 8.04. The van der Waals surface area contributed by atoms with Gasteiger partial charge in [0.1, 0.15) is 10.7 Å². The monoisotopic (exact) mass is 452 g/mol. The molecule has 0 bridgehead atoms. The summed E-state index contributed by atoms with van der Waals surface area (Å²) in [5.74, 6) is 0.521. The Hall–Kier alpha value is -1.97. The minimum absolute atomic E-state index is 0.118. The second-order valence-electron chi connectivity index (χ2n) is 6.78. The van der Waals surface area contributed by atoms with E-state index in [9.17, 15) is 13.2 Å². The lowest BCUT2D eigenvalue weighted by atomic mass is 10.2. The molecule has 0 aliphatic carbocycles. The molecule has 1 saturated heterocycles. The molecule has 0 amide bonds. The highest BCUT2D eigenvalue weighted by molar-refractivity contribution is 7.89. The number of H-pyrrole nitrogens is 1. The van der Waals surface area contributed by atoms with Gasteiger partial charge in [-0.2, -0.15) is 4.31 Å². The molecule has 152 valence electrons. The van der Waals surface area contributed by atoms with E-state index < -0.39 is 10.0 Å². The molecule has 2 aromatic carbocycles. The molecule has 4 rings (SSSR count). The first kappa shape index (κ1) is 20.3. The molecule has 0 saturated carbocycles. The summed E-state index contributed by atoms with van der Waals surface area (Å²) in [6.45, 7) is 2.11. The number of sulfonamides is 1. The Labute approximate surface area is 177 Å². The first-order chi connectivity index (χ1) is 13.8. The van der Waals surface area contributed by atoms with Crippen molar-refractivity contribution in [2.24, 2.45) is 0 Å². The molecular weight excluding hydrogens is 435 g/mol. The molecule has 1 aliphatic heterocycles. The van der Waals surface area contributed by atoms with Crippen molar-refractivity contribution >= 4 is 44.1 Å². The quantitative estimate of drug-likeness (QED) is 0.657. The van der Waals surface area contributed by atoms with Crippen LogP contribution in [0.15, 0.2) is 52.2 Å². The highest BCUT2D eigenvalue weighted by Crippen LogP contribution is 2.25. The van der Waals surface area contributed by atoms with Crippen molar-refractivity contribution in [1.29, 1.82) is 0 Å². The van der Waals surface area contributed by atoms with Crippen LogP contribution in [-0.4, -0.2) is 53.8 Å². The van der Waals surface area contributed by atoms with E-state index in [1.165, 1.54) is 10.4 Å². The predicted molar refractivity (Wildman–Crippen MR) is 113 cm³/mol. The first-order valence-electron chi connectivity index (χ1n) is 9.00. The molecule has 0 atom stereocenters. The van der Waals surface area contributed by atoms with Crippen molar-refractivity contribution in [2.75, 3.05) is 26.2 Å². The standard InChI is InChI=1S/C19H18Cl2N4O3S/c20-13-5-6-14-16(11-13)22-18(23-19(14)26)12-24-7-9-25(10-8-24)29(27,28)17-4-2-1-3-15(17)21/h1-6,11H,7-10,12H2,(H,22,23,26). The third-order valence-corrected chi connectivity index (χ3v) is 7.51. The van der Waals surface area contributed by atoms with Crippen LogP contribution in [0.5, 0.6) is 0 Å². The Morgan fingerprint density at radius 2 is 1.76 bits per heavy atom. The number of rotatable bonds is 4. The van der Waals surface area contributed by atoms with Crippen molar-refractivity contribution in [1.82, 2.24) is 19.2 Å². The van der Waals surface area contributed by atoms with E-state index in [1.54, 1.807) is 36.4 Å². The number of benzene rings is 2. The Balaban J connectivity index is 1.47. The Kier molecular flexibility index (Phi) is 5.63. The lowest BCUT2D eigenvalue weighted by molar-refractivity contribution is 0.178. The van der Waals surface area contributed by atoms with Gasteiger partial charge in [0.15, 0.2) is 0 Å². The minimum atomic E-state index is -3.64. The summed E-state index contributed by atoms with van der Waals surface area (Å²) < 4.78 is 27.1. The average Bonchev–Trinajstić information content (AvgIpc) is 2.68. The number of halogens is 2. The van der Waals surface area contributed by atoms with E-state index >= 15 is 0 Å². The van der Waals surface area contributed by atoms with Gasteiger partial charge in [0.05, 0.1) is 22.5 Å². The number of nitrogens with zero attached hydrogens (tertiary/aromatic N) is 3. The lowest BCUT2D eigenvalue weighted by Crippen LogP contribution is -2.48. The number of piperazine rings is 1. The van der Waals surface area contributed by atoms with E-state index in [2.05, 4.69) is 9.97 Å². The fraction of sp³-hybridized carbons (Fsp3) is 0.263. The van der Waals surface area contributed by atoms with Gasteiger partial charge in [-0.15, -0.1) is 0 Å². The molecule has 1 fully saturated rings. The van der Waals surface area contributed by atoms with Gasteiger partial charge in [0.2, 0.25) is 10.0 Å². The molecule has 1 aromatic heterocycles. The number of hydrogen-bond donors (Lipinski definition) is 1. The summed E-state index contributed by atoms with van der Waals surface area (Å²) >= 11 is 12.1. The Bertz CT molecular complexity index is 1220. The maximum absolute atomic E-state index is 12.8. The molecule has 0 spiro atoms. The van der Waals surface area contributed by atoms with Gasteiger partial charge in [-0.1, -0.05) is 35.3 Å². The Morgan fingerprint density at radius 3 is 2.48 bits per heavy atom. The zero-order valence-corrected chi connectivity index (χ0v) is 17.6. The molecule has 3 aromatic rings. The average molecular weight is 453 g/mol. The zero-order chi connectivity index (χ0) is 20.6. The highest BCUT2D eigenvalue weighted by atomic mass is 35.5. The third-order valence-electron chi connectivity index (χ3n) is 4.88. The number of fused-ring (bicyclic) bond motifs is 1. The Morgan fingerprint density at radius 1 is 1.03 bits per heavy atom. The molecule has 7 nitrogen and oxygen atoms in total. The normalized spacial score (nSPS) is 16.3. The van der Waals surface area contributed by atoms with E-state index in [0.29, 0.717) is 54.5 Å². The highest BCUT2D eigenvalue weighted by Gasteiger charge is 2.30. The van der Waals surface area contributed by atoms with Crippen molar-refractivity contribution in [3.05, 3.63) is 68.7 Å². The van der Waals surface area contributed by atoms with E-state index in [1.807, 2.05) is 4.90 Å². The fourth-order valence-electron chi connectivity index (χ4n) is 3.37. The summed E-state index contributed by atoms with van der Waals surface area (Å²) in [7, 11) is -3.64. The summed E-state index contributed by atoms with van der Waals surface area (Å²) in [6.07, 6.45) is 0. The van der Waals surface area contributed by atoms with Gasteiger partial charge < -0.3 is 4.98 Å². The molecule has 2 heterocycles. The van der Waals surface area contributed by atoms with Gasteiger partial charge in [-0.3, -0.25) is 9.69 Å². The first-order valence-corrected chi connectivity index (χ1v) is 11.2.